The Labute approximate surface area is 221 Å². The van der Waals surface area contributed by atoms with E-state index in [-0.39, 0.29) is 10.5 Å². The molecule has 6 nitrogen and oxygen atoms in total. The predicted molar refractivity (Wildman–Crippen MR) is 148 cm³/mol. The first-order valence-electron chi connectivity index (χ1n) is 11.7. The molecule has 37 heavy (non-hydrogen) atoms. The van der Waals surface area contributed by atoms with Crippen molar-refractivity contribution in [2.45, 2.75) is 32.6 Å². The molecule has 5 aromatic rings. The van der Waals surface area contributed by atoms with Crippen LogP contribution >= 0.6 is 11.6 Å². The first-order valence-corrected chi connectivity index (χ1v) is 13.5. The van der Waals surface area contributed by atoms with Gasteiger partial charge >= 0.3 is 0 Å². The average Bonchev–Trinajstić information content (AvgIpc) is 3.27. The van der Waals surface area contributed by atoms with E-state index in [4.69, 9.17) is 16.3 Å². The van der Waals surface area contributed by atoms with Crippen molar-refractivity contribution in [1.82, 2.24) is 13.9 Å². The SMILES string of the molecule is COc1ccc(C)c(-c2cnc3c(cc(-c4ccc(C)nc4)n3S(=O)(=O)c3ccc(C)cc3)c2Cl)c1C. The third kappa shape index (κ3) is 4.18. The molecular weight excluding hydrogens is 506 g/mol. The van der Waals surface area contributed by atoms with Gasteiger partial charge in [0.05, 0.1) is 22.7 Å². The molecule has 5 rings (SSSR count). The summed E-state index contributed by atoms with van der Waals surface area (Å²) in [5.41, 5.74) is 6.69. The summed E-state index contributed by atoms with van der Waals surface area (Å²) in [5, 5.41) is 0.954. The van der Waals surface area contributed by atoms with Crippen molar-refractivity contribution < 1.29 is 13.2 Å². The molecule has 0 atom stereocenters. The zero-order chi connectivity index (χ0) is 26.5. The number of ether oxygens (including phenoxy) is 1. The quantitative estimate of drug-likeness (QED) is 0.246. The van der Waals surface area contributed by atoms with E-state index in [9.17, 15) is 8.42 Å². The number of aromatic nitrogens is 3. The maximum atomic E-state index is 14.0. The van der Waals surface area contributed by atoms with Crippen LogP contribution in [0.15, 0.2) is 71.9 Å². The molecule has 0 aliphatic rings. The van der Waals surface area contributed by atoms with Crippen molar-refractivity contribution in [2.75, 3.05) is 7.11 Å². The van der Waals surface area contributed by atoms with Crippen LogP contribution in [-0.2, 0) is 10.0 Å². The largest absolute Gasteiger partial charge is 0.496 e. The van der Waals surface area contributed by atoms with Gasteiger partial charge in [-0.25, -0.2) is 17.4 Å². The van der Waals surface area contributed by atoms with Gasteiger partial charge in [-0.05, 0) is 80.8 Å². The van der Waals surface area contributed by atoms with Gasteiger partial charge in [-0.3, -0.25) is 4.98 Å². The molecule has 0 N–H and O–H groups in total. The molecule has 188 valence electrons. The molecule has 3 heterocycles. The lowest BCUT2D eigenvalue weighted by Crippen LogP contribution is -2.15. The number of pyridine rings is 2. The topological polar surface area (TPSA) is 74.1 Å². The molecule has 0 aliphatic heterocycles. The number of hydrogen-bond acceptors (Lipinski definition) is 5. The van der Waals surface area contributed by atoms with Crippen LogP contribution in [0, 0.1) is 27.7 Å². The molecule has 0 bridgehead atoms. The van der Waals surface area contributed by atoms with Crippen molar-refractivity contribution in [3.05, 3.63) is 94.4 Å². The second-order valence-electron chi connectivity index (χ2n) is 9.11. The van der Waals surface area contributed by atoms with E-state index in [0.29, 0.717) is 27.2 Å². The summed E-state index contributed by atoms with van der Waals surface area (Å²) in [7, 11) is -2.37. The van der Waals surface area contributed by atoms with E-state index >= 15 is 0 Å². The number of rotatable bonds is 5. The number of nitrogens with zero attached hydrogens (tertiary/aromatic N) is 3. The average molecular weight is 532 g/mol. The third-order valence-corrected chi connectivity index (χ3v) is 8.73. The van der Waals surface area contributed by atoms with E-state index in [1.54, 1.807) is 49.8 Å². The zero-order valence-corrected chi connectivity index (χ0v) is 22.8. The Hall–Kier alpha value is -3.68. The number of halogens is 1. The summed E-state index contributed by atoms with van der Waals surface area (Å²) in [6.07, 6.45) is 3.30. The van der Waals surface area contributed by atoms with Crippen LogP contribution in [-0.4, -0.2) is 29.5 Å². The molecule has 0 aliphatic carbocycles. The van der Waals surface area contributed by atoms with Gasteiger partial charge < -0.3 is 4.74 Å². The van der Waals surface area contributed by atoms with Gasteiger partial charge in [-0.2, -0.15) is 0 Å². The molecule has 0 radical (unpaired) electrons. The fraction of sp³-hybridized carbons (Fsp3) is 0.172. The van der Waals surface area contributed by atoms with E-state index < -0.39 is 10.0 Å². The smallest absolute Gasteiger partial charge is 0.269 e. The molecule has 0 spiro atoms. The lowest BCUT2D eigenvalue weighted by molar-refractivity contribution is 0.412. The van der Waals surface area contributed by atoms with E-state index in [0.717, 1.165) is 33.7 Å². The highest BCUT2D eigenvalue weighted by Crippen LogP contribution is 2.42. The van der Waals surface area contributed by atoms with Crippen LogP contribution < -0.4 is 4.74 Å². The molecule has 2 aromatic carbocycles. The number of hydrogen-bond donors (Lipinski definition) is 0. The molecular formula is C29H26ClN3O3S. The lowest BCUT2D eigenvalue weighted by atomic mass is 9.95. The second kappa shape index (κ2) is 9.32. The van der Waals surface area contributed by atoms with Crippen molar-refractivity contribution in [3.8, 4) is 28.1 Å². The summed E-state index contributed by atoms with van der Waals surface area (Å²) in [4.78, 5) is 9.22. The van der Waals surface area contributed by atoms with Crippen molar-refractivity contribution in [1.29, 1.82) is 0 Å². The van der Waals surface area contributed by atoms with Gasteiger partial charge in [0, 0.05) is 34.6 Å². The first-order chi connectivity index (χ1) is 17.6. The third-order valence-electron chi connectivity index (χ3n) is 6.60. The maximum absolute atomic E-state index is 14.0. The van der Waals surface area contributed by atoms with Gasteiger partial charge in [0.25, 0.3) is 10.0 Å². The minimum absolute atomic E-state index is 0.165. The monoisotopic (exact) mass is 531 g/mol. The molecule has 3 aromatic heterocycles. The number of methoxy groups -OCH3 is 1. The van der Waals surface area contributed by atoms with Crippen molar-refractivity contribution >= 4 is 32.7 Å². The molecule has 0 fully saturated rings. The number of fused-ring (bicyclic) bond motifs is 1. The summed E-state index contributed by atoms with van der Waals surface area (Å²) in [6, 6.07) is 16.1. The minimum atomic E-state index is -4.00. The Bertz CT molecular complexity index is 1760. The summed E-state index contributed by atoms with van der Waals surface area (Å²) in [5.74, 6) is 0.739. The molecule has 0 unspecified atom stereocenters. The fourth-order valence-electron chi connectivity index (χ4n) is 4.61. The first kappa shape index (κ1) is 25.0. The minimum Gasteiger partial charge on any atom is -0.496 e. The summed E-state index contributed by atoms with van der Waals surface area (Å²) in [6.45, 7) is 7.76. The molecule has 0 saturated heterocycles. The van der Waals surface area contributed by atoms with E-state index in [1.807, 2.05) is 52.0 Å². The Kier molecular flexibility index (Phi) is 6.30. The van der Waals surface area contributed by atoms with Gasteiger partial charge in [-0.1, -0.05) is 35.4 Å². The lowest BCUT2D eigenvalue weighted by Gasteiger charge is -2.15. The second-order valence-corrected chi connectivity index (χ2v) is 11.3. The fourth-order valence-corrected chi connectivity index (χ4v) is 6.37. The standard InChI is InChI=1S/C29H26ClN3O3S/c1-17-6-11-22(12-7-17)37(34,35)33-25(21-10-9-19(3)31-15-21)14-23-28(30)24(16-32-29(23)33)27-18(2)8-13-26(36-5)20(27)4/h6-16H,1-5H3. The van der Waals surface area contributed by atoms with Crippen LogP contribution in [0.5, 0.6) is 5.75 Å². The molecule has 8 heteroatoms. The van der Waals surface area contributed by atoms with E-state index in [1.165, 1.54) is 3.97 Å². The highest BCUT2D eigenvalue weighted by molar-refractivity contribution is 7.90. The zero-order valence-electron chi connectivity index (χ0n) is 21.2. The van der Waals surface area contributed by atoms with Crippen LogP contribution in [0.25, 0.3) is 33.4 Å². The molecule has 0 amide bonds. The Morgan fingerprint density at radius 3 is 2.27 bits per heavy atom. The Balaban J connectivity index is 1.84. The summed E-state index contributed by atoms with van der Waals surface area (Å²) >= 11 is 7.03. The normalized spacial score (nSPS) is 11.7. The summed E-state index contributed by atoms with van der Waals surface area (Å²) < 4.78 is 34.8. The van der Waals surface area contributed by atoms with Gasteiger partial charge in [-0.15, -0.1) is 0 Å². The Morgan fingerprint density at radius 2 is 1.62 bits per heavy atom. The van der Waals surface area contributed by atoms with Gasteiger partial charge in [0.1, 0.15) is 5.75 Å². The van der Waals surface area contributed by atoms with E-state index in [2.05, 4.69) is 9.97 Å². The Morgan fingerprint density at radius 1 is 0.892 bits per heavy atom. The van der Waals surface area contributed by atoms with Crippen molar-refractivity contribution in [2.24, 2.45) is 0 Å². The predicted octanol–water partition coefficient (Wildman–Crippen LogP) is 6.90. The maximum Gasteiger partial charge on any atom is 0.269 e. The van der Waals surface area contributed by atoms with Gasteiger partial charge in [0.15, 0.2) is 5.65 Å². The highest BCUT2D eigenvalue weighted by Gasteiger charge is 2.27. The van der Waals surface area contributed by atoms with Crippen LogP contribution in [0.4, 0.5) is 0 Å². The van der Waals surface area contributed by atoms with Gasteiger partial charge in [0.2, 0.25) is 0 Å². The number of benzene rings is 2. The van der Waals surface area contributed by atoms with Crippen LogP contribution in [0.3, 0.4) is 0 Å². The van der Waals surface area contributed by atoms with Crippen LogP contribution in [0.2, 0.25) is 5.02 Å². The molecule has 0 saturated carbocycles. The van der Waals surface area contributed by atoms with Crippen molar-refractivity contribution in [3.63, 3.8) is 0 Å². The van der Waals surface area contributed by atoms with Crippen LogP contribution in [0.1, 0.15) is 22.4 Å². The number of aryl methyl sites for hydroxylation is 3. The highest BCUT2D eigenvalue weighted by atomic mass is 35.5.